The number of benzene rings is 2. The van der Waals surface area contributed by atoms with Crippen LogP contribution in [0.5, 0.6) is 11.8 Å². The molecule has 66 heavy (non-hydrogen) atoms. The third-order valence-corrected chi connectivity index (χ3v) is 13.7. The van der Waals surface area contributed by atoms with E-state index in [4.69, 9.17) is 0 Å². The summed E-state index contributed by atoms with van der Waals surface area (Å²) >= 11 is 0. The summed E-state index contributed by atoms with van der Waals surface area (Å²) in [5.41, 5.74) is 3.24. The minimum atomic E-state index is -1.40. The Morgan fingerprint density at radius 3 is 1.42 bits per heavy atom. The molecule has 4 aliphatic heterocycles. The summed E-state index contributed by atoms with van der Waals surface area (Å²) in [6.45, 7) is 6.93. The number of carbonyl (C=O) groups excluding carboxylic acids is 4. The molecule has 0 unspecified atom stereocenters. The van der Waals surface area contributed by atoms with E-state index in [0.29, 0.717) is 44.8 Å². The van der Waals surface area contributed by atoms with E-state index >= 15 is 19.2 Å². The Hall–Kier alpha value is -7.56. The van der Waals surface area contributed by atoms with Crippen molar-refractivity contribution in [1.29, 1.82) is 0 Å². The average molecular weight is 885 g/mol. The van der Waals surface area contributed by atoms with Gasteiger partial charge in [-0.2, -0.15) is 0 Å². The highest BCUT2D eigenvalue weighted by molar-refractivity contribution is 6.35. The van der Waals surface area contributed by atoms with Crippen LogP contribution in [-0.4, -0.2) is 101 Å². The molecule has 6 amide bonds. The molecule has 0 bridgehead atoms. The molecule has 0 radical (unpaired) electrons. The van der Waals surface area contributed by atoms with Crippen molar-refractivity contribution in [2.24, 2.45) is 0 Å². The van der Waals surface area contributed by atoms with E-state index in [0.717, 1.165) is 37.9 Å². The Labute approximate surface area is 381 Å². The molecular weight excluding hydrogens is 837 g/mol. The van der Waals surface area contributed by atoms with Crippen molar-refractivity contribution in [1.82, 2.24) is 29.7 Å². The average Bonchev–Trinajstić information content (AvgIpc) is 3.66. The van der Waals surface area contributed by atoms with E-state index in [-0.39, 0.29) is 60.2 Å². The van der Waals surface area contributed by atoms with Crippen molar-refractivity contribution in [2.75, 3.05) is 45.8 Å². The Bertz CT molecular complexity index is 2880. The molecule has 16 heteroatoms. The third kappa shape index (κ3) is 7.18. The number of anilines is 4. The maximum absolute atomic E-state index is 15.6. The van der Waals surface area contributed by atoms with E-state index in [2.05, 4.69) is 29.7 Å². The Morgan fingerprint density at radius 2 is 0.970 bits per heavy atom. The fourth-order valence-corrected chi connectivity index (χ4v) is 10.1. The number of carbonyl (C=O) groups is 4. The number of amides is 6. The number of hydrogen-bond donors (Lipinski definition) is 2. The Kier molecular flexibility index (Phi) is 10.8. The van der Waals surface area contributed by atoms with Gasteiger partial charge < -0.3 is 10.2 Å². The van der Waals surface area contributed by atoms with Crippen molar-refractivity contribution in [3.63, 3.8) is 0 Å². The minimum absolute atomic E-state index is 0.0516. The van der Waals surface area contributed by atoms with E-state index in [9.17, 15) is 10.2 Å². The summed E-state index contributed by atoms with van der Waals surface area (Å²) < 4.78 is 0. The molecule has 6 aromatic rings. The number of likely N-dealkylation sites (tertiary alicyclic amines) is 2. The predicted molar refractivity (Wildman–Crippen MR) is 247 cm³/mol. The van der Waals surface area contributed by atoms with Crippen molar-refractivity contribution < 1.29 is 29.4 Å². The molecular formula is C50H48N10O6. The first-order valence-electron chi connectivity index (χ1n) is 22.1. The molecule has 4 fully saturated rings. The molecule has 334 valence electrons. The van der Waals surface area contributed by atoms with Gasteiger partial charge in [-0.3, -0.25) is 39.2 Å². The quantitative estimate of drug-likeness (QED) is 0.143. The molecule has 4 saturated heterocycles. The lowest BCUT2D eigenvalue weighted by Crippen LogP contribution is -2.57. The van der Waals surface area contributed by atoms with Gasteiger partial charge in [0, 0.05) is 76.2 Å². The number of piperidine rings is 2. The Balaban J connectivity index is 1.07. The van der Waals surface area contributed by atoms with E-state index in [1.807, 2.05) is 68.4 Å². The standard InChI is InChI=1S/C50H48N10O6/c1-33-8-6-20-51-39(33)31-55-24-16-49(17-25-55)45(63)57(47(65)59(49)37-14-22-53-43(61)29-37)41-13-12-36(35-10-4-3-5-11-35)28-42(41)58-46(64)50(60(48(58)66)38-15-23-54-44(62)30-38)18-26-56(27-19-50)32-40-34(2)9-7-21-52-40/h3-15,20-23,28-30H,16-19,24-27,31-32H2,1-2H3,(H,53,61)(H,54,62). The second-order valence-corrected chi connectivity index (χ2v) is 17.5. The van der Waals surface area contributed by atoms with Gasteiger partial charge >= 0.3 is 12.1 Å². The fourth-order valence-electron chi connectivity index (χ4n) is 10.1. The van der Waals surface area contributed by atoms with Crippen molar-refractivity contribution in [3.05, 3.63) is 144 Å². The van der Waals surface area contributed by atoms with Crippen LogP contribution < -0.4 is 19.6 Å². The number of aryl methyl sites for hydroxylation is 2. The van der Waals surface area contributed by atoms with Gasteiger partial charge in [-0.1, -0.05) is 48.5 Å². The predicted octanol–water partition coefficient (Wildman–Crippen LogP) is 6.98. The highest BCUT2D eigenvalue weighted by Crippen LogP contribution is 2.49. The van der Waals surface area contributed by atoms with Crippen molar-refractivity contribution >= 4 is 46.6 Å². The number of nitrogens with zero attached hydrogens (tertiary/aromatic N) is 10. The lowest BCUT2D eigenvalue weighted by atomic mass is 9.85. The normalized spacial score (nSPS) is 18.6. The van der Waals surface area contributed by atoms with Gasteiger partial charge in [0.15, 0.2) is 0 Å². The molecule has 2 aromatic carbocycles. The largest absolute Gasteiger partial charge is 0.493 e. The van der Waals surface area contributed by atoms with Crippen LogP contribution in [0, 0.1) is 13.8 Å². The van der Waals surface area contributed by atoms with Crippen LogP contribution in [-0.2, 0) is 22.7 Å². The van der Waals surface area contributed by atoms with Crippen LogP contribution in [0.1, 0.15) is 48.2 Å². The fraction of sp³-hybridized carbons (Fsp3) is 0.280. The van der Waals surface area contributed by atoms with E-state index in [1.165, 1.54) is 34.3 Å². The number of imide groups is 2. The van der Waals surface area contributed by atoms with Crippen LogP contribution in [0.2, 0.25) is 0 Å². The number of urea groups is 2. The second-order valence-electron chi connectivity index (χ2n) is 17.5. The number of aromatic nitrogens is 4. The van der Waals surface area contributed by atoms with Gasteiger partial charge in [-0.25, -0.2) is 29.4 Å². The monoisotopic (exact) mass is 884 g/mol. The molecule has 8 heterocycles. The molecule has 2 spiro atoms. The number of hydrogen-bond acceptors (Lipinski definition) is 12. The molecule has 0 atom stereocenters. The lowest BCUT2D eigenvalue weighted by Gasteiger charge is -2.42. The first-order chi connectivity index (χ1) is 32.0. The highest BCUT2D eigenvalue weighted by Gasteiger charge is 2.62. The first kappa shape index (κ1) is 42.4. The maximum atomic E-state index is 15.6. The molecule has 16 nitrogen and oxygen atoms in total. The SMILES string of the molecule is Cc1cccnc1CN1CCC2(CC1)C(=O)N(c1ccc(-c3ccccc3)cc1N1C(=O)N(c3ccnc(O)c3)C3(CCN(Cc4ncccc4C)CC3)C1=O)C(=O)N2c1ccnc(O)c1. The van der Waals surface area contributed by atoms with E-state index in [1.54, 1.807) is 42.7 Å². The summed E-state index contributed by atoms with van der Waals surface area (Å²) in [5, 5.41) is 21.2. The summed E-state index contributed by atoms with van der Waals surface area (Å²) in [6.07, 6.45) is 7.27. The minimum Gasteiger partial charge on any atom is -0.493 e. The van der Waals surface area contributed by atoms with Gasteiger partial charge in [0.1, 0.15) is 11.1 Å². The highest BCUT2D eigenvalue weighted by atomic mass is 16.3. The second kappa shape index (κ2) is 16.8. The summed E-state index contributed by atoms with van der Waals surface area (Å²) in [5.74, 6) is -1.68. The Morgan fingerprint density at radius 1 is 0.500 bits per heavy atom. The molecule has 4 aromatic heterocycles. The van der Waals surface area contributed by atoms with Crippen LogP contribution in [0.4, 0.5) is 32.3 Å². The summed E-state index contributed by atoms with van der Waals surface area (Å²) in [7, 11) is 0. The summed E-state index contributed by atoms with van der Waals surface area (Å²) in [4.78, 5) is 88.4. The molecule has 0 aliphatic carbocycles. The maximum Gasteiger partial charge on any atom is 0.336 e. The van der Waals surface area contributed by atoms with Gasteiger partial charge in [0.2, 0.25) is 11.8 Å². The van der Waals surface area contributed by atoms with Gasteiger partial charge in [0.05, 0.1) is 34.1 Å². The van der Waals surface area contributed by atoms with Crippen molar-refractivity contribution in [2.45, 2.75) is 63.7 Å². The smallest absolute Gasteiger partial charge is 0.336 e. The molecule has 10 rings (SSSR count). The first-order valence-corrected chi connectivity index (χ1v) is 22.1. The summed E-state index contributed by atoms with van der Waals surface area (Å²) in [6, 6.07) is 26.8. The third-order valence-electron chi connectivity index (χ3n) is 13.7. The van der Waals surface area contributed by atoms with Gasteiger partial charge in [-0.05, 0) is 98.2 Å². The van der Waals surface area contributed by atoms with Crippen LogP contribution >= 0.6 is 0 Å². The van der Waals surface area contributed by atoms with Crippen molar-refractivity contribution in [3.8, 4) is 22.9 Å². The van der Waals surface area contributed by atoms with Gasteiger partial charge in [0.25, 0.3) is 11.8 Å². The number of aromatic hydroxyl groups is 2. The topological polar surface area (TPSA) is 180 Å². The van der Waals surface area contributed by atoms with Crippen LogP contribution in [0.25, 0.3) is 11.1 Å². The number of rotatable bonds is 9. The lowest BCUT2D eigenvalue weighted by molar-refractivity contribution is -0.124. The van der Waals surface area contributed by atoms with Gasteiger partial charge in [-0.15, -0.1) is 0 Å². The molecule has 4 aliphatic rings. The zero-order chi connectivity index (χ0) is 45.7. The molecule has 0 saturated carbocycles. The zero-order valence-electron chi connectivity index (χ0n) is 36.6. The van der Waals surface area contributed by atoms with Crippen LogP contribution in [0.15, 0.2) is 122 Å². The zero-order valence-corrected chi connectivity index (χ0v) is 36.6. The number of pyridine rings is 4. The van der Waals surface area contributed by atoms with Crippen LogP contribution in [0.3, 0.4) is 0 Å². The molecule has 2 N–H and O–H groups in total. The van der Waals surface area contributed by atoms with E-state index < -0.39 is 35.0 Å².